The SMILES string of the molecule is O=c1c(=O)n(CC2CCC2)ccn1Cc1ccc(F)cc1. The molecule has 0 atom stereocenters. The Morgan fingerprint density at radius 3 is 2.24 bits per heavy atom. The van der Waals surface area contributed by atoms with E-state index in [2.05, 4.69) is 0 Å². The average molecular weight is 288 g/mol. The Morgan fingerprint density at radius 1 is 1.00 bits per heavy atom. The molecule has 0 unspecified atom stereocenters. The van der Waals surface area contributed by atoms with Crippen LogP contribution in [0.15, 0.2) is 46.2 Å². The summed E-state index contributed by atoms with van der Waals surface area (Å²) in [5.41, 5.74) is -0.220. The fraction of sp³-hybridized carbons (Fsp3) is 0.375. The molecule has 0 N–H and O–H groups in total. The maximum Gasteiger partial charge on any atom is 0.316 e. The zero-order chi connectivity index (χ0) is 14.8. The summed E-state index contributed by atoms with van der Waals surface area (Å²) in [7, 11) is 0. The summed E-state index contributed by atoms with van der Waals surface area (Å²) in [4.78, 5) is 24.2. The van der Waals surface area contributed by atoms with Crippen LogP contribution in [0, 0.1) is 11.7 Å². The minimum absolute atomic E-state index is 0.276. The van der Waals surface area contributed by atoms with Gasteiger partial charge in [-0.05, 0) is 36.5 Å². The predicted molar refractivity (Wildman–Crippen MR) is 77.8 cm³/mol. The quantitative estimate of drug-likeness (QED) is 0.808. The lowest BCUT2D eigenvalue weighted by Gasteiger charge is -2.25. The highest BCUT2D eigenvalue weighted by Gasteiger charge is 2.18. The summed E-state index contributed by atoms with van der Waals surface area (Å²) in [6.45, 7) is 0.907. The summed E-state index contributed by atoms with van der Waals surface area (Å²) in [5, 5.41) is 0. The first-order valence-electron chi connectivity index (χ1n) is 7.18. The van der Waals surface area contributed by atoms with Gasteiger partial charge in [-0.25, -0.2) is 4.39 Å². The third kappa shape index (κ3) is 2.96. The number of hydrogen-bond acceptors (Lipinski definition) is 2. The van der Waals surface area contributed by atoms with Crippen LogP contribution in [0.2, 0.25) is 0 Å². The van der Waals surface area contributed by atoms with Crippen molar-refractivity contribution in [2.45, 2.75) is 32.4 Å². The molecule has 0 radical (unpaired) electrons. The first-order valence-corrected chi connectivity index (χ1v) is 7.18. The molecule has 1 aromatic heterocycles. The van der Waals surface area contributed by atoms with E-state index in [1.54, 1.807) is 24.5 Å². The van der Waals surface area contributed by atoms with Crippen molar-refractivity contribution in [3.8, 4) is 0 Å². The second kappa shape index (κ2) is 5.68. The van der Waals surface area contributed by atoms with Crippen LogP contribution in [0.4, 0.5) is 4.39 Å². The van der Waals surface area contributed by atoms with Crippen molar-refractivity contribution in [3.05, 3.63) is 68.7 Å². The molecule has 1 fully saturated rings. The Morgan fingerprint density at radius 2 is 1.62 bits per heavy atom. The minimum atomic E-state index is -0.527. The summed E-state index contributed by atoms with van der Waals surface area (Å²) < 4.78 is 15.7. The Kier molecular flexibility index (Phi) is 3.73. The molecule has 0 bridgehead atoms. The van der Waals surface area contributed by atoms with Crippen LogP contribution < -0.4 is 11.1 Å². The molecular formula is C16H17FN2O2. The van der Waals surface area contributed by atoms with E-state index in [4.69, 9.17) is 0 Å². The van der Waals surface area contributed by atoms with Gasteiger partial charge in [-0.15, -0.1) is 0 Å². The van der Waals surface area contributed by atoms with Crippen molar-refractivity contribution >= 4 is 0 Å². The number of rotatable bonds is 4. The lowest BCUT2D eigenvalue weighted by Crippen LogP contribution is -2.42. The molecule has 0 amide bonds. The minimum Gasteiger partial charge on any atom is -0.309 e. The molecule has 1 aliphatic rings. The second-order valence-electron chi connectivity index (χ2n) is 5.61. The Hall–Kier alpha value is -2.17. The fourth-order valence-corrected chi connectivity index (χ4v) is 2.55. The van der Waals surface area contributed by atoms with E-state index in [0.717, 1.165) is 18.4 Å². The van der Waals surface area contributed by atoms with Gasteiger partial charge in [0.15, 0.2) is 0 Å². The van der Waals surface area contributed by atoms with Gasteiger partial charge >= 0.3 is 11.1 Å². The molecule has 3 rings (SSSR count). The summed E-state index contributed by atoms with van der Waals surface area (Å²) in [6.07, 6.45) is 6.77. The summed E-state index contributed by atoms with van der Waals surface area (Å²) in [6, 6.07) is 5.92. The highest BCUT2D eigenvalue weighted by molar-refractivity contribution is 5.16. The van der Waals surface area contributed by atoms with E-state index in [1.165, 1.54) is 27.7 Å². The summed E-state index contributed by atoms with van der Waals surface area (Å²) in [5.74, 6) is 0.206. The van der Waals surface area contributed by atoms with Crippen LogP contribution in [0.5, 0.6) is 0 Å². The van der Waals surface area contributed by atoms with E-state index >= 15 is 0 Å². The molecule has 4 nitrogen and oxygen atoms in total. The van der Waals surface area contributed by atoms with Crippen LogP contribution in [-0.4, -0.2) is 9.13 Å². The van der Waals surface area contributed by atoms with Crippen LogP contribution in [-0.2, 0) is 13.1 Å². The van der Waals surface area contributed by atoms with Gasteiger partial charge in [-0.2, -0.15) is 0 Å². The second-order valence-corrected chi connectivity index (χ2v) is 5.61. The number of hydrogen-bond donors (Lipinski definition) is 0. The van der Waals surface area contributed by atoms with Crippen LogP contribution >= 0.6 is 0 Å². The number of nitrogens with zero attached hydrogens (tertiary/aromatic N) is 2. The van der Waals surface area contributed by atoms with E-state index in [-0.39, 0.29) is 12.4 Å². The molecule has 0 saturated heterocycles. The third-order valence-electron chi connectivity index (χ3n) is 4.08. The van der Waals surface area contributed by atoms with Gasteiger partial charge in [-0.3, -0.25) is 9.59 Å². The Balaban J connectivity index is 1.83. The highest BCUT2D eigenvalue weighted by Crippen LogP contribution is 2.27. The number of aromatic nitrogens is 2. The van der Waals surface area contributed by atoms with Crippen LogP contribution in [0.1, 0.15) is 24.8 Å². The lowest BCUT2D eigenvalue weighted by atomic mass is 9.85. The molecule has 110 valence electrons. The molecule has 1 heterocycles. The van der Waals surface area contributed by atoms with Crippen molar-refractivity contribution in [1.82, 2.24) is 9.13 Å². The van der Waals surface area contributed by atoms with E-state index < -0.39 is 11.1 Å². The molecule has 0 aliphatic heterocycles. The third-order valence-corrected chi connectivity index (χ3v) is 4.08. The van der Waals surface area contributed by atoms with Gasteiger partial charge in [0.1, 0.15) is 5.82 Å². The monoisotopic (exact) mass is 288 g/mol. The first-order chi connectivity index (χ1) is 10.1. The molecule has 1 saturated carbocycles. The fourth-order valence-electron chi connectivity index (χ4n) is 2.55. The lowest BCUT2D eigenvalue weighted by molar-refractivity contribution is 0.272. The normalized spacial score (nSPS) is 14.9. The Bertz CT molecular complexity index is 742. The molecule has 21 heavy (non-hydrogen) atoms. The van der Waals surface area contributed by atoms with Crippen LogP contribution in [0.25, 0.3) is 0 Å². The van der Waals surface area contributed by atoms with Gasteiger partial charge < -0.3 is 9.13 Å². The number of halogens is 1. The van der Waals surface area contributed by atoms with Crippen LogP contribution in [0.3, 0.4) is 0 Å². The maximum absolute atomic E-state index is 12.9. The summed E-state index contributed by atoms with van der Waals surface area (Å²) >= 11 is 0. The van der Waals surface area contributed by atoms with Crippen molar-refractivity contribution in [2.75, 3.05) is 0 Å². The molecular weight excluding hydrogens is 271 g/mol. The van der Waals surface area contributed by atoms with Gasteiger partial charge in [0, 0.05) is 18.9 Å². The van der Waals surface area contributed by atoms with Gasteiger partial charge in [0.25, 0.3) is 0 Å². The molecule has 5 heteroatoms. The van der Waals surface area contributed by atoms with E-state index in [1.807, 2.05) is 0 Å². The van der Waals surface area contributed by atoms with Crippen molar-refractivity contribution in [3.63, 3.8) is 0 Å². The topological polar surface area (TPSA) is 44.0 Å². The van der Waals surface area contributed by atoms with Gasteiger partial charge in [0.05, 0.1) is 6.54 Å². The smallest absolute Gasteiger partial charge is 0.309 e. The largest absolute Gasteiger partial charge is 0.316 e. The zero-order valence-electron chi connectivity index (χ0n) is 11.7. The molecule has 2 aromatic rings. The van der Waals surface area contributed by atoms with Crippen molar-refractivity contribution < 1.29 is 4.39 Å². The van der Waals surface area contributed by atoms with Gasteiger partial charge in [0.2, 0.25) is 0 Å². The number of benzene rings is 1. The van der Waals surface area contributed by atoms with Gasteiger partial charge in [-0.1, -0.05) is 18.6 Å². The standard InChI is InChI=1S/C16H17FN2O2/c17-14-6-4-13(5-7-14)11-19-9-8-18(15(20)16(19)21)10-12-2-1-3-12/h4-9,12H,1-3,10-11H2. The van der Waals surface area contributed by atoms with Crippen molar-refractivity contribution in [2.24, 2.45) is 5.92 Å². The van der Waals surface area contributed by atoms with E-state index in [0.29, 0.717) is 12.5 Å². The van der Waals surface area contributed by atoms with E-state index in [9.17, 15) is 14.0 Å². The maximum atomic E-state index is 12.9. The molecule has 1 aromatic carbocycles. The average Bonchev–Trinajstić information content (AvgIpc) is 2.43. The predicted octanol–water partition coefficient (Wildman–Crippen LogP) is 2.00. The zero-order valence-corrected chi connectivity index (χ0v) is 11.7. The molecule has 0 spiro atoms. The Labute approximate surface area is 121 Å². The molecule has 1 aliphatic carbocycles. The first kappa shape index (κ1) is 13.8. The van der Waals surface area contributed by atoms with Crippen molar-refractivity contribution in [1.29, 1.82) is 0 Å². The highest BCUT2D eigenvalue weighted by atomic mass is 19.1.